The number of ether oxygens (including phenoxy) is 1. The van der Waals surface area contributed by atoms with Gasteiger partial charge in [0.25, 0.3) is 0 Å². The maximum atomic E-state index is 13.0. The number of alkyl carbamates (subject to hydrolysis) is 1. The SMILES string of the molecule is O=C(NC1CC2CC2(C(=O)NC2CCCC2C(=O)O)C1)OCC1c2ccccc2-c2ccccc21. The molecule has 0 saturated heterocycles. The lowest BCUT2D eigenvalue weighted by atomic mass is 9.98. The summed E-state index contributed by atoms with van der Waals surface area (Å²) in [6.07, 6.45) is 3.85. The van der Waals surface area contributed by atoms with Gasteiger partial charge in [0, 0.05) is 18.0 Å². The van der Waals surface area contributed by atoms with Gasteiger partial charge in [-0.2, -0.15) is 0 Å². The van der Waals surface area contributed by atoms with Gasteiger partial charge in [-0.15, -0.1) is 0 Å². The van der Waals surface area contributed by atoms with Crippen molar-refractivity contribution in [1.29, 1.82) is 0 Å². The summed E-state index contributed by atoms with van der Waals surface area (Å²) in [5.41, 5.74) is 4.26. The second-order valence-corrected chi connectivity index (χ2v) is 10.6. The lowest BCUT2D eigenvalue weighted by molar-refractivity contribution is -0.142. The molecule has 182 valence electrons. The van der Waals surface area contributed by atoms with Crippen molar-refractivity contribution < 1.29 is 24.2 Å². The second kappa shape index (κ2) is 8.40. The molecule has 5 atom stereocenters. The van der Waals surface area contributed by atoms with Crippen LogP contribution in [0.2, 0.25) is 0 Å². The Labute approximate surface area is 204 Å². The van der Waals surface area contributed by atoms with Gasteiger partial charge in [0.1, 0.15) is 6.61 Å². The van der Waals surface area contributed by atoms with Crippen LogP contribution in [0.25, 0.3) is 11.1 Å². The van der Waals surface area contributed by atoms with Crippen LogP contribution in [0.3, 0.4) is 0 Å². The summed E-state index contributed by atoms with van der Waals surface area (Å²) in [6.45, 7) is 0.264. The Morgan fingerprint density at radius 3 is 2.31 bits per heavy atom. The molecular weight excluding hydrogens is 444 g/mol. The molecule has 35 heavy (non-hydrogen) atoms. The molecule has 0 spiro atoms. The van der Waals surface area contributed by atoms with E-state index in [1.165, 1.54) is 22.3 Å². The van der Waals surface area contributed by atoms with E-state index < -0.39 is 23.4 Å². The van der Waals surface area contributed by atoms with Gasteiger partial charge in [0.15, 0.2) is 0 Å². The number of carboxylic acids is 1. The van der Waals surface area contributed by atoms with Gasteiger partial charge < -0.3 is 20.5 Å². The molecule has 6 rings (SSSR count). The Hall–Kier alpha value is -3.35. The van der Waals surface area contributed by atoms with E-state index in [9.17, 15) is 19.5 Å². The Morgan fingerprint density at radius 2 is 1.63 bits per heavy atom. The first-order valence-corrected chi connectivity index (χ1v) is 12.6. The van der Waals surface area contributed by atoms with Crippen LogP contribution in [0.4, 0.5) is 4.79 Å². The third kappa shape index (κ3) is 3.77. The second-order valence-electron chi connectivity index (χ2n) is 10.6. The molecule has 3 N–H and O–H groups in total. The van der Waals surface area contributed by atoms with Crippen molar-refractivity contribution in [2.45, 2.75) is 56.5 Å². The summed E-state index contributed by atoms with van der Waals surface area (Å²) < 4.78 is 5.68. The molecule has 0 radical (unpaired) electrons. The number of nitrogens with one attached hydrogen (secondary N) is 2. The van der Waals surface area contributed by atoms with Crippen molar-refractivity contribution in [2.75, 3.05) is 6.61 Å². The van der Waals surface area contributed by atoms with E-state index in [4.69, 9.17) is 4.74 Å². The van der Waals surface area contributed by atoms with Gasteiger partial charge in [0.05, 0.1) is 11.3 Å². The minimum atomic E-state index is -0.834. The highest BCUT2D eigenvalue weighted by atomic mass is 16.5. The van der Waals surface area contributed by atoms with Crippen molar-refractivity contribution in [2.24, 2.45) is 17.3 Å². The van der Waals surface area contributed by atoms with Gasteiger partial charge >= 0.3 is 12.1 Å². The summed E-state index contributed by atoms with van der Waals surface area (Å²) in [6, 6.07) is 16.1. The van der Waals surface area contributed by atoms with Crippen LogP contribution in [0.1, 0.15) is 55.6 Å². The number of hydrogen-bond donors (Lipinski definition) is 3. The van der Waals surface area contributed by atoms with E-state index >= 15 is 0 Å². The highest BCUT2D eigenvalue weighted by Crippen LogP contribution is 2.63. The third-order valence-electron chi connectivity index (χ3n) is 8.68. The van der Waals surface area contributed by atoms with Crippen molar-refractivity contribution in [3.8, 4) is 11.1 Å². The minimum absolute atomic E-state index is 0.0100. The lowest BCUT2D eigenvalue weighted by Crippen LogP contribution is -2.44. The molecular formula is C28H30N2O5. The monoisotopic (exact) mass is 474 g/mol. The fourth-order valence-electron chi connectivity index (χ4n) is 6.83. The fourth-order valence-corrected chi connectivity index (χ4v) is 6.83. The van der Waals surface area contributed by atoms with Gasteiger partial charge in [-0.25, -0.2) is 4.79 Å². The molecule has 0 heterocycles. The average Bonchev–Trinajstić information content (AvgIpc) is 3.17. The maximum absolute atomic E-state index is 13.0. The van der Waals surface area contributed by atoms with Crippen LogP contribution < -0.4 is 10.6 Å². The first-order valence-electron chi connectivity index (χ1n) is 12.6. The van der Waals surface area contributed by atoms with E-state index in [-0.39, 0.29) is 36.4 Å². The van der Waals surface area contributed by atoms with Gasteiger partial charge in [-0.3, -0.25) is 9.59 Å². The van der Waals surface area contributed by atoms with Crippen LogP contribution in [-0.4, -0.2) is 41.8 Å². The molecule has 2 aromatic carbocycles. The Bertz CT molecular complexity index is 1150. The molecule has 0 aromatic heterocycles. The van der Waals surface area contributed by atoms with E-state index in [0.717, 1.165) is 19.3 Å². The van der Waals surface area contributed by atoms with Crippen LogP contribution in [0.5, 0.6) is 0 Å². The number of carboxylic acid groups (broad SMARTS) is 1. The number of rotatable bonds is 6. The van der Waals surface area contributed by atoms with E-state index in [1.807, 2.05) is 24.3 Å². The normalized spacial score (nSPS) is 30.2. The largest absolute Gasteiger partial charge is 0.481 e. The molecule has 4 aliphatic rings. The molecule has 3 fully saturated rings. The van der Waals surface area contributed by atoms with Crippen LogP contribution >= 0.6 is 0 Å². The van der Waals surface area contributed by atoms with Crippen LogP contribution in [0.15, 0.2) is 48.5 Å². The number of carbonyl (C=O) groups is 3. The maximum Gasteiger partial charge on any atom is 0.407 e. The number of aliphatic carboxylic acids is 1. The van der Waals surface area contributed by atoms with Crippen molar-refractivity contribution in [3.05, 3.63) is 59.7 Å². The molecule has 5 unspecified atom stereocenters. The predicted octanol–water partition coefficient (Wildman–Crippen LogP) is 4.06. The number of amides is 2. The average molecular weight is 475 g/mol. The zero-order valence-electron chi connectivity index (χ0n) is 19.5. The molecule has 2 aromatic rings. The highest BCUT2D eigenvalue weighted by molar-refractivity contribution is 5.88. The minimum Gasteiger partial charge on any atom is -0.481 e. The van der Waals surface area contributed by atoms with Crippen LogP contribution in [0, 0.1) is 17.3 Å². The molecule has 7 heteroatoms. The topological polar surface area (TPSA) is 105 Å². The summed E-state index contributed by atoms with van der Waals surface area (Å²) >= 11 is 0. The first-order chi connectivity index (χ1) is 17.0. The Balaban J connectivity index is 1.04. The quantitative estimate of drug-likeness (QED) is 0.586. The molecule has 4 aliphatic carbocycles. The summed E-state index contributed by atoms with van der Waals surface area (Å²) in [5, 5.41) is 15.4. The number of carbonyl (C=O) groups excluding carboxylic acids is 2. The molecule has 0 bridgehead atoms. The number of hydrogen-bond acceptors (Lipinski definition) is 4. The van der Waals surface area contributed by atoms with Gasteiger partial charge in [-0.1, -0.05) is 55.0 Å². The molecule has 2 amide bonds. The predicted molar refractivity (Wildman–Crippen MR) is 129 cm³/mol. The van der Waals surface area contributed by atoms with E-state index in [0.29, 0.717) is 19.3 Å². The number of benzene rings is 2. The smallest absolute Gasteiger partial charge is 0.407 e. The van der Waals surface area contributed by atoms with Crippen molar-refractivity contribution in [3.63, 3.8) is 0 Å². The Morgan fingerprint density at radius 1 is 0.943 bits per heavy atom. The molecule has 0 aliphatic heterocycles. The van der Waals surface area contributed by atoms with Crippen LogP contribution in [-0.2, 0) is 14.3 Å². The molecule has 3 saturated carbocycles. The van der Waals surface area contributed by atoms with E-state index in [1.54, 1.807) is 0 Å². The van der Waals surface area contributed by atoms with Crippen molar-refractivity contribution >= 4 is 18.0 Å². The first kappa shape index (κ1) is 22.1. The lowest BCUT2D eigenvalue weighted by Gasteiger charge is -2.22. The standard InChI is InChI=1S/C28H30N2O5/c31-25(32)22-10-5-11-24(22)30-26(33)28-13-16(28)12-17(14-28)29-27(34)35-15-23-20-8-3-1-6-18(20)19-7-2-4-9-21(19)23/h1-4,6-9,16-17,22-24H,5,10-15H2,(H,29,34)(H,30,33)(H,31,32). The Kier molecular flexibility index (Phi) is 5.31. The third-order valence-corrected chi connectivity index (χ3v) is 8.68. The van der Waals surface area contributed by atoms with Crippen molar-refractivity contribution in [1.82, 2.24) is 10.6 Å². The summed E-state index contributed by atoms with van der Waals surface area (Å²) in [4.78, 5) is 37.2. The summed E-state index contributed by atoms with van der Waals surface area (Å²) in [5.74, 6) is -1.12. The number of fused-ring (bicyclic) bond motifs is 4. The zero-order chi connectivity index (χ0) is 24.2. The molecule has 7 nitrogen and oxygen atoms in total. The fraction of sp³-hybridized carbons (Fsp3) is 0.464. The highest BCUT2D eigenvalue weighted by Gasteiger charge is 2.65. The summed E-state index contributed by atoms with van der Waals surface area (Å²) in [7, 11) is 0. The zero-order valence-corrected chi connectivity index (χ0v) is 19.5. The van der Waals surface area contributed by atoms with E-state index in [2.05, 4.69) is 34.9 Å². The van der Waals surface area contributed by atoms with Gasteiger partial charge in [-0.05, 0) is 60.3 Å². The van der Waals surface area contributed by atoms with Gasteiger partial charge in [0.2, 0.25) is 5.91 Å².